The van der Waals surface area contributed by atoms with Gasteiger partial charge in [0.15, 0.2) is 0 Å². The smallest absolute Gasteiger partial charge is 0.227 e. The molecule has 0 aliphatic carbocycles. The van der Waals surface area contributed by atoms with Crippen LogP contribution in [-0.2, 0) is 9.59 Å². The van der Waals surface area contributed by atoms with Crippen LogP contribution in [-0.4, -0.2) is 27.2 Å². The van der Waals surface area contributed by atoms with Crippen LogP contribution in [0.5, 0.6) is 0 Å². The van der Waals surface area contributed by atoms with E-state index in [0.29, 0.717) is 12.8 Å². The van der Waals surface area contributed by atoms with E-state index in [1.807, 2.05) is 0 Å². The van der Waals surface area contributed by atoms with Crippen LogP contribution < -0.4 is 5.32 Å². The van der Waals surface area contributed by atoms with Crippen molar-refractivity contribution >= 4 is 11.8 Å². The van der Waals surface area contributed by atoms with Gasteiger partial charge in [0, 0.05) is 12.8 Å². The Bertz CT molecular complexity index is 247. The SMILES string of the molecule is O=C1CCC(=O)N1.c1cnnnc1. The summed E-state index contributed by atoms with van der Waals surface area (Å²) in [5.74, 6) is -0.296. The molecule has 0 atom stereocenters. The minimum absolute atomic E-state index is 0.148. The van der Waals surface area contributed by atoms with Gasteiger partial charge < -0.3 is 0 Å². The largest absolute Gasteiger partial charge is 0.296 e. The maximum Gasteiger partial charge on any atom is 0.227 e. The Morgan fingerprint density at radius 2 is 1.62 bits per heavy atom. The lowest BCUT2D eigenvalue weighted by molar-refractivity contribution is -0.124. The molecule has 1 aromatic rings. The molecule has 0 unspecified atom stereocenters. The highest BCUT2D eigenvalue weighted by Gasteiger charge is 2.15. The molecule has 1 aliphatic heterocycles. The van der Waals surface area contributed by atoms with E-state index in [2.05, 4.69) is 20.7 Å². The van der Waals surface area contributed by atoms with Crippen LogP contribution in [0.3, 0.4) is 0 Å². The molecular weight excluding hydrogens is 172 g/mol. The third-order valence-electron chi connectivity index (χ3n) is 1.27. The first-order chi connectivity index (χ1) is 6.29. The van der Waals surface area contributed by atoms with Gasteiger partial charge in [-0.25, -0.2) is 0 Å². The van der Waals surface area contributed by atoms with Crippen molar-refractivity contribution in [3.63, 3.8) is 0 Å². The molecular formula is C7H8N4O2. The molecule has 0 radical (unpaired) electrons. The fourth-order valence-electron chi connectivity index (χ4n) is 0.712. The van der Waals surface area contributed by atoms with Gasteiger partial charge in [-0.15, -0.1) is 10.2 Å². The molecule has 1 fully saturated rings. The lowest BCUT2D eigenvalue weighted by Crippen LogP contribution is -2.18. The molecule has 2 rings (SSSR count). The van der Waals surface area contributed by atoms with Gasteiger partial charge in [-0.05, 0) is 11.3 Å². The number of amides is 2. The first-order valence-corrected chi connectivity index (χ1v) is 3.70. The number of nitrogens with zero attached hydrogens (tertiary/aromatic N) is 3. The zero-order valence-corrected chi connectivity index (χ0v) is 6.80. The third-order valence-corrected chi connectivity index (χ3v) is 1.27. The number of aromatic nitrogens is 3. The number of carbonyl (C=O) groups excluding carboxylic acids is 2. The Kier molecular flexibility index (Phi) is 3.49. The molecule has 1 saturated heterocycles. The van der Waals surface area contributed by atoms with E-state index in [1.165, 1.54) is 0 Å². The fraction of sp³-hybridized carbons (Fsp3) is 0.286. The minimum Gasteiger partial charge on any atom is -0.296 e. The maximum atomic E-state index is 10.1. The Labute approximate surface area is 74.4 Å². The van der Waals surface area contributed by atoms with Crippen molar-refractivity contribution in [1.29, 1.82) is 0 Å². The second kappa shape index (κ2) is 4.91. The van der Waals surface area contributed by atoms with Crippen molar-refractivity contribution in [3.8, 4) is 0 Å². The first kappa shape index (κ1) is 9.24. The Balaban J connectivity index is 0.000000132. The minimum atomic E-state index is -0.148. The predicted octanol–water partition coefficient (Wildman–Crippen LogP) is -0.705. The molecule has 1 N–H and O–H groups in total. The van der Waals surface area contributed by atoms with Crippen LogP contribution in [0.2, 0.25) is 0 Å². The maximum absolute atomic E-state index is 10.1. The quantitative estimate of drug-likeness (QED) is 0.533. The molecule has 68 valence electrons. The summed E-state index contributed by atoms with van der Waals surface area (Å²) in [5, 5.41) is 12.3. The molecule has 2 amide bonds. The molecule has 6 nitrogen and oxygen atoms in total. The van der Waals surface area contributed by atoms with Crippen molar-refractivity contribution in [3.05, 3.63) is 18.5 Å². The zero-order chi connectivity index (χ0) is 9.52. The Morgan fingerprint density at radius 1 is 1.08 bits per heavy atom. The van der Waals surface area contributed by atoms with Crippen LogP contribution in [0.15, 0.2) is 18.5 Å². The molecule has 1 aliphatic rings. The van der Waals surface area contributed by atoms with Crippen LogP contribution in [0.25, 0.3) is 0 Å². The summed E-state index contributed by atoms with van der Waals surface area (Å²) in [4.78, 5) is 20.2. The summed E-state index contributed by atoms with van der Waals surface area (Å²) in [6.45, 7) is 0. The molecule has 0 spiro atoms. The number of carbonyl (C=O) groups is 2. The van der Waals surface area contributed by atoms with Crippen LogP contribution >= 0.6 is 0 Å². The second-order valence-electron chi connectivity index (χ2n) is 2.28. The van der Waals surface area contributed by atoms with E-state index in [0.717, 1.165) is 0 Å². The lowest BCUT2D eigenvalue weighted by atomic mass is 10.4. The molecule has 0 bridgehead atoms. The van der Waals surface area contributed by atoms with Gasteiger partial charge in [-0.1, -0.05) is 0 Å². The number of hydrogen-bond acceptors (Lipinski definition) is 5. The van der Waals surface area contributed by atoms with Gasteiger partial charge in [0.25, 0.3) is 0 Å². The molecule has 13 heavy (non-hydrogen) atoms. The standard InChI is InChI=1S/C4H5NO2.C3H3N3/c6-3-1-2-4(7)5-3;1-2-4-6-5-3-1/h1-2H2,(H,5,6,7);1-3H. The number of hydrogen-bond donors (Lipinski definition) is 1. The molecule has 0 saturated carbocycles. The summed E-state index contributed by atoms with van der Waals surface area (Å²) in [6, 6.07) is 1.72. The van der Waals surface area contributed by atoms with E-state index in [9.17, 15) is 9.59 Å². The second-order valence-corrected chi connectivity index (χ2v) is 2.28. The van der Waals surface area contributed by atoms with Crippen LogP contribution in [0, 0.1) is 0 Å². The highest BCUT2D eigenvalue weighted by molar-refractivity contribution is 6.01. The van der Waals surface area contributed by atoms with E-state index in [4.69, 9.17) is 0 Å². The third kappa shape index (κ3) is 3.90. The van der Waals surface area contributed by atoms with Crippen molar-refractivity contribution < 1.29 is 9.59 Å². The summed E-state index contributed by atoms with van der Waals surface area (Å²) in [6.07, 6.45) is 3.90. The van der Waals surface area contributed by atoms with Gasteiger partial charge in [-0.2, -0.15) is 0 Å². The summed E-state index contributed by atoms with van der Waals surface area (Å²) in [7, 11) is 0. The summed E-state index contributed by atoms with van der Waals surface area (Å²) in [5.41, 5.74) is 0. The van der Waals surface area contributed by atoms with E-state index < -0.39 is 0 Å². The molecule has 0 aromatic carbocycles. The normalized spacial score (nSPS) is 14.5. The first-order valence-electron chi connectivity index (χ1n) is 3.70. The van der Waals surface area contributed by atoms with Gasteiger partial charge in [0.05, 0.1) is 12.4 Å². The average Bonchev–Trinajstić information content (AvgIpc) is 2.54. The monoisotopic (exact) mass is 180 g/mol. The van der Waals surface area contributed by atoms with Crippen molar-refractivity contribution in [2.75, 3.05) is 0 Å². The van der Waals surface area contributed by atoms with Crippen LogP contribution in [0.4, 0.5) is 0 Å². The van der Waals surface area contributed by atoms with Crippen LogP contribution in [0.1, 0.15) is 12.8 Å². The van der Waals surface area contributed by atoms with Gasteiger partial charge >= 0.3 is 0 Å². The zero-order valence-electron chi connectivity index (χ0n) is 6.80. The van der Waals surface area contributed by atoms with Crippen molar-refractivity contribution in [2.24, 2.45) is 0 Å². The topological polar surface area (TPSA) is 84.8 Å². The van der Waals surface area contributed by atoms with Crippen molar-refractivity contribution in [2.45, 2.75) is 12.8 Å². The van der Waals surface area contributed by atoms with Gasteiger partial charge in [-0.3, -0.25) is 14.9 Å². The molecule has 6 heteroatoms. The van der Waals surface area contributed by atoms with Gasteiger partial charge in [0.2, 0.25) is 11.8 Å². The number of rotatable bonds is 0. The summed E-state index contributed by atoms with van der Waals surface area (Å²) >= 11 is 0. The van der Waals surface area contributed by atoms with E-state index >= 15 is 0 Å². The molecule has 2 heterocycles. The Hall–Kier alpha value is -1.85. The average molecular weight is 180 g/mol. The highest BCUT2D eigenvalue weighted by atomic mass is 16.2. The Morgan fingerprint density at radius 3 is 1.77 bits per heavy atom. The fourth-order valence-corrected chi connectivity index (χ4v) is 0.712. The van der Waals surface area contributed by atoms with Gasteiger partial charge in [0.1, 0.15) is 0 Å². The van der Waals surface area contributed by atoms with E-state index in [1.54, 1.807) is 18.5 Å². The molecule has 1 aromatic heterocycles. The highest BCUT2D eigenvalue weighted by Crippen LogP contribution is 1.95. The lowest BCUT2D eigenvalue weighted by Gasteiger charge is -1.79. The summed E-state index contributed by atoms with van der Waals surface area (Å²) < 4.78 is 0. The van der Waals surface area contributed by atoms with Crippen molar-refractivity contribution in [1.82, 2.24) is 20.7 Å². The number of nitrogens with one attached hydrogen (secondary N) is 1. The number of imide groups is 1. The van der Waals surface area contributed by atoms with E-state index in [-0.39, 0.29) is 11.8 Å². The predicted molar refractivity (Wildman–Crippen MR) is 42.2 cm³/mol.